The van der Waals surface area contributed by atoms with E-state index in [4.69, 9.17) is 4.52 Å². The number of nitrogens with one attached hydrogen (secondary N) is 4. The third-order valence-corrected chi connectivity index (χ3v) is 8.98. The molecule has 1 aromatic heterocycles. The van der Waals surface area contributed by atoms with Crippen LogP contribution < -0.4 is 21.3 Å². The highest BCUT2D eigenvalue weighted by molar-refractivity contribution is 5.97. The van der Waals surface area contributed by atoms with Crippen LogP contribution in [0.4, 0.5) is 0 Å². The minimum Gasteiger partial charge on any atom is -0.359 e. The maximum Gasteiger partial charge on any atom is 0.274 e. The largest absolute Gasteiger partial charge is 0.359 e. The number of fused-ring (bicyclic) bond motifs is 2. The van der Waals surface area contributed by atoms with Crippen LogP contribution >= 0.6 is 0 Å². The van der Waals surface area contributed by atoms with Crippen LogP contribution in [0.25, 0.3) is 0 Å². The van der Waals surface area contributed by atoms with Crippen molar-refractivity contribution in [2.75, 3.05) is 26.2 Å². The Morgan fingerprint density at radius 1 is 0.824 bits per heavy atom. The number of piperidine rings is 1. The van der Waals surface area contributed by atoms with Gasteiger partial charge in [-0.05, 0) is 37.3 Å². The standard InChI is InChI=1S/C37H45N7O7/c1-25-34(47)40-30(22-27-13-6-3-7-14-27)36(49)41-29(21-26-11-4-2-5-12-26)35(48)38-17-20-44(24-28-23-31(42-51-28)37(50)39-25)33(46)16-10-19-43-18-9-8-15-32(43)45/h2-7,11-14,23,25,29-30H,8-10,15-22,24H2,1H3,(H,38,48)(H,39,50)(H,40,47)(H,41,49)/t25-,29+,30-/m0/s1. The summed E-state index contributed by atoms with van der Waals surface area (Å²) in [6.45, 7) is 2.76. The molecule has 3 aromatic rings. The van der Waals surface area contributed by atoms with E-state index in [9.17, 15) is 28.8 Å². The normalized spacial score (nSPS) is 21.1. The molecule has 0 unspecified atom stereocenters. The van der Waals surface area contributed by atoms with E-state index < -0.39 is 41.8 Å². The summed E-state index contributed by atoms with van der Waals surface area (Å²) >= 11 is 0. The first-order valence-corrected chi connectivity index (χ1v) is 17.4. The number of hydrogen-bond donors (Lipinski definition) is 4. The number of nitrogens with zero attached hydrogens (tertiary/aromatic N) is 3. The van der Waals surface area contributed by atoms with Crippen LogP contribution in [0.1, 0.15) is 66.4 Å². The molecule has 2 bridgehead atoms. The van der Waals surface area contributed by atoms with Gasteiger partial charge in [0.2, 0.25) is 29.5 Å². The van der Waals surface area contributed by atoms with Crippen molar-refractivity contribution in [3.05, 3.63) is 89.3 Å². The maximum atomic E-state index is 13.8. The van der Waals surface area contributed by atoms with Crippen LogP contribution in [-0.4, -0.2) is 94.7 Å². The zero-order valence-electron chi connectivity index (χ0n) is 28.8. The van der Waals surface area contributed by atoms with Gasteiger partial charge >= 0.3 is 0 Å². The van der Waals surface area contributed by atoms with E-state index in [1.807, 2.05) is 60.7 Å². The minimum atomic E-state index is -1.07. The predicted molar refractivity (Wildman–Crippen MR) is 186 cm³/mol. The van der Waals surface area contributed by atoms with Gasteiger partial charge < -0.3 is 35.6 Å². The molecule has 0 radical (unpaired) electrons. The quantitative estimate of drug-likeness (QED) is 0.273. The fourth-order valence-corrected chi connectivity index (χ4v) is 6.11. The first kappa shape index (κ1) is 36.7. The number of likely N-dealkylation sites (tertiary alicyclic amines) is 1. The molecule has 1 saturated heterocycles. The summed E-state index contributed by atoms with van der Waals surface area (Å²) in [6.07, 6.45) is 3.26. The lowest BCUT2D eigenvalue weighted by Gasteiger charge is -2.27. The van der Waals surface area contributed by atoms with E-state index in [2.05, 4.69) is 26.4 Å². The summed E-state index contributed by atoms with van der Waals surface area (Å²) in [4.78, 5) is 82.9. The van der Waals surface area contributed by atoms with Crippen LogP contribution in [-0.2, 0) is 43.4 Å². The van der Waals surface area contributed by atoms with Crippen molar-refractivity contribution >= 4 is 35.4 Å². The number of benzene rings is 2. The van der Waals surface area contributed by atoms with Gasteiger partial charge in [0.1, 0.15) is 18.1 Å². The Kier molecular flexibility index (Phi) is 12.9. The molecule has 2 aromatic carbocycles. The van der Waals surface area contributed by atoms with Crippen molar-refractivity contribution in [3.8, 4) is 0 Å². The van der Waals surface area contributed by atoms with Crippen LogP contribution in [0.3, 0.4) is 0 Å². The Morgan fingerprint density at radius 2 is 1.47 bits per heavy atom. The Balaban J connectivity index is 1.37. The van der Waals surface area contributed by atoms with Crippen molar-refractivity contribution in [2.24, 2.45) is 0 Å². The molecule has 3 atom stereocenters. The van der Waals surface area contributed by atoms with Crippen LogP contribution in [0.2, 0.25) is 0 Å². The third-order valence-electron chi connectivity index (χ3n) is 8.98. The summed E-state index contributed by atoms with van der Waals surface area (Å²) in [5, 5.41) is 14.9. The first-order chi connectivity index (χ1) is 24.7. The average Bonchev–Trinajstić information content (AvgIpc) is 3.60. The van der Waals surface area contributed by atoms with Crippen molar-refractivity contribution in [2.45, 2.75) is 76.5 Å². The molecule has 0 spiro atoms. The molecule has 14 nitrogen and oxygen atoms in total. The zero-order chi connectivity index (χ0) is 36.2. The van der Waals surface area contributed by atoms with E-state index in [-0.39, 0.29) is 62.2 Å². The van der Waals surface area contributed by atoms with E-state index in [1.54, 1.807) is 4.90 Å². The van der Waals surface area contributed by atoms with Gasteiger partial charge in [-0.2, -0.15) is 0 Å². The smallest absolute Gasteiger partial charge is 0.274 e. The molecule has 0 aliphatic carbocycles. The number of rotatable bonds is 8. The summed E-state index contributed by atoms with van der Waals surface area (Å²) in [6, 6.07) is 16.6. The average molecular weight is 700 g/mol. The Hall–Kier alpha value is -5.53. The molecule has 4 N–H and O–H groups in total. The van der Waals surface area contributed by atoms with Crippen LogP contribution in [0, 0.1) is 0 Å². The minimum absolute atomic E-state index is 0.0288. The molecule has 270 valence electrons. The fourth-order valence-electron chi connectivity index (χ4n) is 6.11. The highest BCUT2D eigenvalue weighted by Crippen LogP contribution is 2.14. The number of hydrogen-bond acceptors (Lipinski definition) is 8. The van der Waals surface area contributed by atoms with E-state index in [1.165, 1.54) is 17.9 Å². The highest BCUT2D eigenvalue weighted by atomic mass is 16.5. The SMILES string of the molecule is C[C@@H]1NC(=O)c2cc(on2)CN(C(=O)CCCN2CCCCC2=O)CCNC(=O)[C@@H](Cc2ccccc2)NC(=O)[C@H](Cc2ccccc2)NC1=O. The van der Waals surface area contributed by atoms with E-state index >= 15 is 0 Å². The summed E-state index contributed by atoms with van der Waals surface area (Å²) in [7, 11) is 0. The molecule has 5 rings (SSSR count). The molecule has 2 aliphatic heterocycles. The van der Waals surface area contributed by atoms with Crippen molar-refractivity contribution in [1.82, 2.24) is 36.2 Å². The Bertz CT molecular complexity index is 1680. The van der Waals surface area contributed by atoms with Crippen LogP contribution in [0.5, 0.6) is 0 Å². The maximum absolute atomic E-state index is 13.8. The lowest BCUT2D eigenvalue weighted by molar-refractivity contribution is -0.135. The van der Waals surface area contributed by atoms with Gasteiger partial charge in [0.05, 0.1) is 6.54 Å². The molecule has 0 saturated carbocycles. The second kappa shape index (κ2) is 17.9. The van der Waals surface area contributed by atoms with E-state index in [0.29, 0.717) is 25.9 Å². The number of carbonyl (C=O) groups is 6. The Morgan fingerprint density at radius 3 is 2.14 bits per heavy atom. The van der Waals surface area contributed by atoms with Crippen LogP contribution in [0.15, 0.2) is 71.3 Å². The molecule has 14 heteroatoms. The Labute approximate surface area is 296 Å². The number of carbonyl (C=O) groups excluding carboxylic acids is 6. The van der Waals surface area contributed by atoms with Gasteiger partial charge in [-0.3, -0.25) is 28.8 Å². The van der Waals surface area contributed by atoms with Crippen molar-refractivity contribution in [1.29, 1.82) is 0 Å². The lowest BCUT2D eigenvalue weighted by atomic mass is 10.0. The van der Waals surface area contributed by atoms with Gasteiger partial charge in [-0.1, -0.05) is 65.8 Å². The van der Waals surface area contributed by atoms with Gasteiger partial charge in [0, 0.05) is 57.9 Å². The second-order valence-corrected chi connectivity index (χ2v) is 12.9. The number of amides is 6. The van der Waals surface area contributed by atoms with Gasteiger partial charge in [0.25, 0.3) is 5.91 Å². The van der Waals surface area contributed by atoms with Crippen molar-refractivity contribution in [3.63, 3.8) is 0 Å². The predicted octanol–water partition coefficient (Wildman–Crippen LogP) is 1.50. The monoisotopic (exact) mass is 699 g/mol. The molecule has 3 heterocycles. The van der Waals surface area contributed by atoms with Gasteiger partial charge in [-0.15, -0.1) is 0 Å². The van der Waals surface area contributed by atoms with Gasteiger partial charge in [-0.25, -0.2) is 0 Å². The summed E-state index contributed by atoms with van der Waals surface area (Å²) in [5.41, 5.74) is 1.51. The van der Waals surface area contributed by atoms with E-state index in [0.717, 1.165) is 24.0 Å². The first-order valence-electron chi connectivity index (χ1n) is 17.4. The lowest BCUT2D eigenvalue weighted by Crippen LogP contribution is -2.57. The molecule has 6 amide bonds. The zero-order valence-corrected chi connectivity index (χ0v) is 28.8. The molecule has 51 heavy (non-hydrogen) atoms. The van der Waals surface area contributed by atoms with Crippen molar-refractivity contribution < 1.29 is 33.3 Å². The summed E-state index contributed by atoms with van der Waals surface area (Å²) < 4.78 is 5.41. The third kappa shape index (κ3) is 10.7. The van der Waals surface area contributed by atoms with Gasteiger partial charge in [0.15, 0.2) is 11.5 Å². The number of aromatic nitrogens is 1. The second-order valence-electron chi connectivity index (χ2n) is 12.9. The highest BCUT2D eigenvalue weighted by Gasteiger charge is 2.30. The molecule has 1 fully saturated rings. The molecule has 2 aliphatic rings. The topological polar surface area (TPSA) is 183 Å². The fraction of sp³-hybridized carbons (Fsp3) is 0.432. The summed E-state index contributed by atoms with van der Waals surface area (Å²) in [5.74, 6) is -2.22. The molecular weight excluding hydrogens is 654 g/mol. The molecular formula is C37H45N7O7.